The quantitative estimate of drug-likeness (QED) is 0.800. The first-order valence-corrected chi connectivity index (χ1v) is 5.94. The molecule has 19 heavy (non-hydrogen) atoms. The molecule has 6 heteroatoms. The van der Waals surface area contributed by atoms with Gasteiger partial charge in [0.15, 0.2) is 5.78 Å². The monoisotopic (exact) mass is 275 g/mol. The molecule has 0 bridgehead atoms. The minimum absolute atomic E-state index is 0.153. The van der Waals surface area contributed by atoms with E-state index in [1.807, 2.05) is 0 Å². The lowest BCUT2D eigenvalue weighted by atomic mass is 9.74. The molecule has 1 atom stereocenters. The van der Waals surface area contributed by atoms with Crippen LogP contribution in [0.5, 0.6) is 0 Å². The van der Waals surface area contributed by atoms with Crippen LogP contribution in [0.3, 0.4) is 0 Å². The largest absolute Gasteiger partial charge is 0.416 e. The van der Waals surface area contributed by atoms with Crippen molar-refractivity contribution in [2.24, 2.45) is 5.73 Å². The number of benzene rings is 1. The van der Waals surface area contributed by atoms with Crippen LogP contribution in [0.4, 0.5) is 17.6 Å². The first kappa shape index (κ1) is 14.0. The summed E-state index contributed by atoms with van der Waals surface area (Å²) in [7, 11) is 0. The third-order valence-corrected chi connectivity index (χ3v) is 3.49. The first-order valence-electron chi connectivity index (χ1n) is 5.94. The molecule has 104 valence electrons. The molecule has 0 aromatic heterocycles. The van der Waals surface area contributed by atoms with Gasteiger partial charge in [-0.25, -0.2) is 4.39 Å². The van der Waals surface area contributed by atoms with Crippen molar-refractivity contribution in [2.45, 2.75) is 37.4 Å². The second-order valence-electron chi connectivity index (χ2n) is 4.79. The van der Waals surface area contributed by atoms with Gasteiger partial charge in [0.05, 0.1) is 5.56 Å². The number of alkyl halides is 3. The standard InChI is InChI=1S/C13H13F4NO/c14-8-4-5-9(10(7-8)13(15,16)17)12(18)6-2-1-3-11(12)19/h4-5,7H,1-3,6,18H2. The predicted molar refractivity (Wildman–Crippen MR) is 60.7 cm³/mol. The number of halogens is 4. The SMILES string of the molecule is NC1(c2ccc(F)cc2C(F)(F)F)CCCCC1=O. The third kappa shape index (κ3) is 2.49. The van der Waals surface area contributed by atoms with Gasteiger partial charge < -0.3 is 5.73 Å². The summed E-state index contributed by atoms with van der Waals surface area (Å²) < 4.78 is 51.9. The van der Waals surface area contributed by atoms with Crippen molar-refractivity contribution < 1.29 is 22.4 Å². The summed E-state index contributed by atoms with van der Waals surface area (Å²) in [6.45, 7) is 0. The van der Waals surface area contributed by atoms with Crippen LogP contribution in [0, 0.1) is 5.82 Å². The molecule has 0 radical (unpaired) electrons. The number of Topliss-reactive ketones (excluding diaryl/α,β-unsaturated/α-hetero) is 1. The van der Waals surface area contributed by atoms with E-state index in [0.717, 1.165) is 12.1 Å². The van der Waals surface area contributed by atoms with Crippen molar-refractivity contribution in [3.63, 3.8) is 0 Å². The minimum atomic E-state index is -4.73. The van der Waals surface area contributed by atoms with E-state index in [1.54, 1.807) is 0 Å². The lowest BCUT2D eigenvalue weighted by molar-refractivity contribution is -0.140. The highest BCUT2D eigenvalue weighted by atomic mass is 19.4. The fraction of sp³-hybridized carbons (Fsp3) is 0.462. The topological polar surface area (TPSA) is 43.1 Å². The van der Waals surface area contributed by atoms with Crippen LogP contribution in [-0.4, -0.2) is 5.78 Å². The van der Waals surface area contributed by atoms with E-state index in [1.165, 1.54) is 0 Å². The van der Waals surface area contributed by atoms with E-state index in [2.05, 4.69) is 0 Å². The van der Waals surface area contributed by atoms with E-state index in [0.29, 0.717) is 18.9 Å². The summed E-state index contributed by atoms with van der Waals surface area (Å²) in [5, 5.41) is 0. The fourth-order valence-corrected chi connectivity index (χ4v) is 2.48. The Morgan fingerprint density at radius 3 is 2.47 bits per heavy atom. The van der Waals surface area contributed by atoms with E-state index >= 15 is 0 Å². The molecule has 1 aliphatic carbocycles. The van der Waals surface area contributed by atoms with Gasteiger partial charge in [-0.15, -0.1) is 0 Å². The molecule has 2 N–H and O–H groups in total. The Hall–Kier alpha value is -1.43. The summed E-state index contributed by atoms with van der Waals surface area (Å²) in [5.41, 5.74) is 2.75. The highest BCUT2D eigenvalue weighted by Gasteiger charge is 2.44. The molecule has 0 spiro atoms. The summed E-state index contributed by atoms with van der Waals surface area (Å²) in [6.07, 6.45) is -3.22. The second kappa shape index (κ2) is 4.59. The Balaban J connectivity index is 2.58. The van der Waals surface area contributed by atoms with Crippen LogP contribution in [0.2, 0.25) is 0 Å². The van der Waals surface area contributed by atoms with Crippen LogP contribution in [0.1, 0.15) is 36.8 Å². The number of hydrogen-bond donors (Lipinski definition) is 1. The average molecular weight is 275 g/mol. The van der Waals surface area contributed by atoms with Crippen molar-refractivity contribution in [1.29, 1.82) is 0 Å². The van der Waals surface area contributed by atoms with Gasteiger partial charge in [-0.3, -0.25) is 4.79 Å². The molecular weight excluding hydrogens is 262 g/mol. The maximum absolute atomic E-state index is 13.0. The molecule has 1 unspecified atom stereocenters. The van der Waals surface area contributed by atoms with Crippen LogP contribution >= 0.6 is 0 Å². The molecule has 0 heterocycles. The van der Waals surface area contributed by atoms with Gasteiger partial charge in [0.25, 0.3) is 0 Å². The summed E-state index contributed by atoms with van der Waals surface area (Å²) in [5.74, 6) is -1.42. The summed E-state index contributed by atoms with van der Waals surface area (Å²) >= 11 is 0. The first-order chi connectivity index (χ1) is 8.75. The zero-order valence-corrected chi connectivity index (χ0v) is 10.1. The van der Waals surface area contributed by atoms with Crippen molar-refractivity contribution in [3.8, 4) is 0 Å². The smallest absolute Gasteiger partial charge is 0.315 e. The number of nitrogens with two attached hydrogens (primary N) is 1. The van der Waals surface area contributed by atoms with Gasteiger partial charge in [0.2, 0.25) is 0 Å². The molecule has 2 nitrogen and oxygen atoms in total. The molecule has 1 aromatic rings. The lowest BCUT2D eigenvalue weighted by Crippen LogP contribution is -2.48. The fourth-order valence-electron chi connectivity index (χ4n) is 2.48. The van der Waals surface area contributed by atoms with Gasteiger partial charge in [-0.05, 0) is 30.5 Å². The molecule has 0 amide bonds. The Kier molecular flexibility index (Phi) is 3.38. The van der Waals surface area contributed by atoms with Crippen molar-refractivity contribution in [2.75, 3.05) is 0 Å². The maximum atomic E-state index is 13.0. The van der Waals surface area contributed by atoms with Crippen LogP contribution < -0.4 is 5.73 Å². The Bertz CT molecular complexity index is 512. The van der Waals surface area contributed by atoms with Crippen molar-refractivity contribution in [1.82, 2.24) is 0 Å². The molecule has 2 rings (SSSR count). The number of hydrogen-bond acceptors (Lipinski definition) is 2. The van der Waals surface area contributed by atoms with Gasteiger partial charge in [0, 0.05) is 6.42 Å². The number of carbonyl (C=O) groups excluding carboxylic acids is 1. The minimum Gasteiger partial charge on any atom is -0.315 e. The molecule has 0 saturated heterocycles. The molecule has 1 saturated carbocycles. The summed E-state index contributed by atoms with van der Waals surface area (Å²) in [6, 6.07) is 2.27. The highest BCUT2D eigenvalue weighted by molar-refractivity contribution is 5.90. The van der Waals surface area contributed by atoms with E-state index in [9.17, 15) is 22.4 Å². The second-order valence-corrected chi connectivity index (χ2v) is 4.79. The van der Waals surface area contributed by atoms with Crippen molar-refractivity contribution in [3.05, 3.63) is 35.1 Å². The zero-order valence-electron chi connectivity index (χ0n) is 10.1. The van der Waals surface area contributed by atoms with E-state index < -0.39 is 28.9 Å². The Morgan fingerprint density at radius 1 is 1.21 bits per heavy atom. The third-order valence-electron chi connectivity index (χ3n) is 3.49. The maximum Gasteiger partial charge on any atom is 0.416 e. The normalized spacial score (nSPS) is 24.6. The predicted octanol–water partition coefficient (Wildman–Crippen LogP) is 3.14. The Labute approximate surface area is 107 Å². The van der Waals surface area contributed by atoms with Crippen LogP contribution in [0.15, 0.2) is 18.2 Å². The van der Waals surface area contributed by atoms with Gasteiger partial charge in [-0.2, -0.15) is 13.2 Å². The molecular formula is C13H13F4NO. The molecule has 1 aromatic carbocycles. The van der Waals surface area contributed by atoms with E-state index in [4.69, 9.17) is 5.73 Å². The Morgan fingerprint density at radius 2 is 1.89 bits per heavy atom. The molecule has 0 aliphatic heterocycles. The van der Waals surface area contributed by atoms with E-state index in [-0.39, 0.29) is 18.4 Å². The van der Waals surface area contributed by atoms with Crippen LogP contribution in [0.25, 0.3) is 0 Å². The zero-order chi connectivity index (χ0) is 14.3. The number of rotatable bonds is 1. The van der Waals surface area contributed by atoms with Gasteiger partial charge in [-0.1, -0.05) is 12.5 Å². The number of ketones is 1. The highest BCUT2D eigenvalue weighted by Crippen LogP contribution is 2.40. The van der Waals surface area contributed by atoms with Gasteiger partial charge in [0.1, 0.15) is 11.4 Å². The summed E-state index contributed by atoms with van der Waals surface area (Å²) in [4.78, 5) is 11.9. The van der Waals surface area contributed by atoms with Crippen LogP contribution in [-0.2, 0) is 16.5 Å². The molecule has 1 fully saturated rings. The number of carbonyl (C=O) groups is 1. The van der Waals surface area contributed by atoms with Crippen molar-refractivity contribution >= 4 is 5.78 Å². The average Bonchev–Trinajstić information content (AvgIpc) is 2.32. The molecule has 1 aliphatic rings. The van der Waals surface area contributed by atoms with Gasteiger partial charge >= 0.3 is 6.18 Å². The lowest BCUT2D eigenvalue weighted by Gasteiger charge is -2.34.